The molecular weight excluding hydrogens is 647 g/mol. The van der Waals surface area contributed by atoms with E-state index in [-0.39, 0.29) is 29.7 Å². The smallest absolute Gasteiger partial charge is 0.188 e. The van der Waals surface area contributed by atoms with Crippen molar-refractivity contribution in [2.75, 3.05) is 0 Å². The number of para-hydroxylation sites is 2. The van der Waals surface area contributed by atoms with Crippen molar-refractivity contribution in [2.45, 2.75) is 0 Å². The van der Waals surface area contributed by atoms with Gasteiger partial charge < -0.3 is 13.6 Å². The third-order valence-electron chi connectivity index (χ3n) is 10.4. The van der Waals surface area contributed by atoms with Crippen molar-refractivity contribution in [3.8, 4) is 33.6 Å². The molecule has 0 aliphatic carbocycles. The van der Waals surface area contributed by atoms with Gasteiger partial charge in [-0.3, -0.25) is 0 Å². The maximum absolute atomic E-state index is 8.66. The van der Waals surface area contributed by atoms with Crippen LogP contribution in [0.4, 0.5) is 5.69 Å². The number of hydrogen-bond acceptors (Lipinski definition) is 1. The summed E-state index contributed by atoms with van der Waals surface area (Å²) in [6.07, 6.45) is 0. The normalized spacial score (nSPS) is 13.1. The zero-order valence-electron chi connectivity index (χ0n) is 33.1. The van der Waals surface area contributed by atoms with Crippen molar-refractivity contribution in [3.63, 3.8) is 0 Å². The van der Waals surface area contributed by atoms with Crippen LogP contribution in [0.5, 0.6) is 0 Å². The number of benzene rings is 8. The Labute approximate surface area is 311 Å². The minimum absolute atomic E-state index is 0.149. The van der Waals surface area contributed by atoms with Gasteiger partial charge in [0.2, 0.25) is 0 Å². The number of rotatable bonds is 4. The molecule has 11 aromatic rings. The minimum atomic E-state index is -0.421. The highest BCUT2D eigenvalue weighted by Crippen LogP contribution is 2.41. The fourth-order valence-electron chi connectivity index (χ4n) is 8.09. The zero-order chi connectivity index (χ0) is 39.4. The number of nitrogens with zero attached hydrogens (tertiary/aromatic N) is 3. The van der Waals surface area contributed by atoms with E-state index in [1.807, 2.05) is 66.7 Å². The Kier molecular flexibility index (Phi) is 5.29. The van der Waals surface area contributed by atoms with E-state index in [9.17, 15) is 0 Å². The number of hydrogen-bond donors (Lipinski definition) is 0. The summed E-state index contributed by atoms with van der Waals surface area (Å²) in [6.45, 7) is 7.70. The molecule has 0 saturated heterocycles. The van der Waals surface area contributed by atoms with Crippen LogP contribution in [0, 0.1) is 6.57 Å². The molecule has 0 spiro atoms. The molecule has 53 heavy (non-hydrogen) atoms. The molecule has 3 aromatic heterocycles. The Morgan fingerprint density at radius 3 is 1.91 bits per heavy atom. The molecule has 0 radical (unpaired) electrons. The van der Waals surface area contributed by atoms with Crippen molar-refractivity contribution in [1.82, 2.24) is 9.13 Å². The first-order chi connectivity index (χ1) is 28.3. The molecule has 0 saturated carbocycles. The van der Waals surface area contributed by atoms with Crippen LogP contribution in [0.15, 0.2) is 180 Å². The summed E-state index contributed by atoms with van der Waals surface area (Å²) in [5.41, 5.74) is 10.8. The van der Waals surface area contributed by atoms with Gasteiger partial charge in [0, 0.05) is 44.4 Å². The highest BCUT2D eigenvalue weighted by atomic mass is 16.3. The molecular formula is C49H29N3O. The first-order valence-electron chi connectivity index (χ1n) is 19.9. The highest BCUT2D eigenvalue weighted by molar-refractivity contribution is 6.15. The van der Waals surface area contributed by atoms with Gasteiger partial charge in [0.15, 0.2) is 5.69 Å². The summed E-state index contributed by atoms with van der Waals surface area (Å²) < 4.78 is 52.9. The van der Waals surface area contributed by atoms with Gasteiger partial charge in [0.05, 0.1) is 35.5 Å². The van der Waals surface area contributed by atoms with Gasteiger partial charge in [-0.25, -0.2) is 4.85 Å². The average molecular weight is 681 g/mol. The second kappa shape index (κ2) is 11.3. The molecule has 0 fully saturated rings. The van der Waals surface area contributed by atoms with E-state index in [2.05, 4.69) is 80.7 Å². The van der Waals surface area contributed by atoms with Crippen LogP contribution in [0.1, 0.15) is 6.85 Å². The molecule has 246 valence electrons. The predicted molar refractivity (Wildman–Crippen MR) is 220 cm³/mol. The maximum Gasteiger partial charge on any atom is 0.188 e. The van der Waals surface area contributed by atoms with Gasteiger partial charge in [-0.1, -0.05) is 96.9 Å². The number of furan rings is 1. The minimum Gasteiger partial charge on any atom is -0.456 e. The Balaban J connectivity index is 1.07. The second-order valence-corrected chi connectivity index (χ2v) is 13.3. The monoisotopic (exact) mass is 680 g/mol. The van der Waals surface area contributed by atoms with Gasteiger partial charge in [-0.2, -0.15) is 0 Å². The number of fused-ring (bicyclic) bond motifs is 9. The molecule has 3 heterocycles. The molecule has 0 bridgehead atoms. The Bertz CT molecular complexity index is 3560. The molecule has 0 aliphatic heterocycles. The number of aromatic nitrogens is 2. The largest absolute Gasteiger partial charge is 0.456 e. The quantitative estimate of drug-likeness (QED) is 0.170. The first kappa shape index (κ1) is 24.7. The molecule has 0 aliphatic rings. The van der Waals surface area contributed by atoms with E-state index in [1.165, 1.54) is 0 Å². The van der Waals surface area contributed by atoms with Crippen molar-refractivity contribution < 1.29 is 11.3 Å². The lowest BCUT2D eigenvalue weighted by atomic mass is 9.99. The van der Waals surface area contributed by atoms with Crippen LogP contribution < -0.4 is 0 Å². The maximum atomic E-state index is 8.66. The average Bonchev–Trinajstić information content (AvgIpc) is 3.92. The molecule has 4 nitrogen and oxygen atoms in total. The van der Waals surface area contributed by atoms with Gasteiger partial charge in [-0.05, 0) is 100 Å². The molecule has 0 atom stereocenters. The van der Waals surface area contributed by atoms with E-state index >= 15 is 0 Å². The summed E-state index contributed by atoms with van der Waals surface area (Å²) >= 11 is 0. The lowest BCUT2D eigenvalue weighted by molar-refractivity contribution is 0.668. The van der Waals surface area contributed by atoms with E-state index in [1.54, 1.807) is 12.1 Å². The fourth-order valence-corrected chi connectivity index (χ4v) is 8.09. The standard InChI is InChI=1S/C49H29N3O/c1-50-34-21-26-46-42(29-34)41-28-33(20-25-45(41)51(46)35-13-6-3-7-14-35)32-19-24-44-40(27-32)38-15-8-9-17-43(38)52(44)36-22-23-39-48(30-36)53-47-18-10-16-37(49(39)47)31-11-4-2-5-12-31/h2-30H/i2D,4D,5D,11D,12D. The summed E-state index contributed by atoms with van der Waals surface area (Å²) in [5, 5.41) is 5.81. The van der Waals surface area contributed by atoms with Gasteiger partial charge in [0.1, 0.15) is 11.2 Å². The van der Waals surface area contributed by atoms with Gasteiger partial charge >= 0.3 is 0 Å². The van der Waals surface area contributed by atoms with Crippen molar-refractivity contribution in [1.29, 1.82) is 0 Å². The molecule has 11 rings (SSSR count). The highest BCUT2D eigenvalue weighted by Gasteiger charge is 2.18. The predicted octanol–water partition coefficient (Wildman–Crippen LogP) is 13.7. The molecule has 0 unspecified atom stereocenters. The van der Waals surface area contributed by atoms with E-state index < -0.39 is 6.04 Å². The molecule has 0 N–H and O–H groups in total. The summed E-state index contributed by atoms with van der Waals surface area (Å²) in [5.74, 6) is 0. The Morgan fingerprint density at radius 1 is 0.472 bits per heavy atom. The topological polar surface area (TPSA) is 27.4 Å². The van der Waals surface area contributed by atoms with Crippen LogP contribution in [0.2, 0.25) is 0 Å². The van der Waals surface area contributed by atoms with Crippen molar-refractivity contribution in [2.24, 2.45) is 0 Å². The van der Waals surface area contributed by atoms with Crippen LogP contribution >= 0.6 is 0 Å². The van der Waals surface area contributed by atoms with Crippen LogP contribution in [0.25, 0.3) is 104 Å². The summed E-state index contributed by atoms with van der Waals surface area (Å²) in [6, 6.07) is 47.5. The van der Waals surface area contributed by atoms with E-state index in [4.69, 9.17) is 17.8 Å². The molecule has 8 aromatic carbocycles. The van der Waals surface area contributed by atoms with Crippen LogP contribution in [0.3, 0.4) is 0 Å². The second-order valence-electron chi connectivity index (χ2n) is 13.3. The van der Waals surface area contributed by atoms with Crippen LogP contribution in [-0.2, 0) is 0 Å². The summed E-state index contributed by atoms with van der Waals surface area (Å²) in [7, 11) is 0. The van der Waals surface area contributed by atoms with Crippen LogP contribution in [-0.4, -0.2) is 9.13 Å². The first-order valence-corrected chi connectivity index (χ1v) is 17.4. The third kappa shape index (κ3) is 4.41. The molecule has 0 amide bonds. The van der Waals surface area contributed by atoms with Crippen molar-refractivity contribution in [3.05, 3.63) is 187 Å². The Morgan fingerprint density at radius 2 is 1.13 bits per heavy atom. The van der Waals surface area contributed by atoms with Gasteiger partial charge in [-0.15, -0.1) is 0 Å². The molecule has 4 heteroatoms. The van der Waals surface area contributed by atoms with Crippen molar-refractivity contribution >= 4 is 71.2 Å². The fraction of sp³-hybridized carbons (Fsp3) is 0. The lowest BCUT2D eigenvalue weighted by Crippen LogP contribution is -1.93. The summed E-state index contributed by atoms with van der Waals surface area (Å²) in [4.78, 5) is 3.74. The van der Waals surface area contributed by atoms with Gasteiger partial charge in [0.25, 0.3) is 0 Å². The SMILES string of the molecule is [2H]c1c([2H])c([2H])c(-c2cccc3oc4cc(-n5c6ccccc6c6cc(-c7ccc8c(c7)c7cc([N+]#[C-])ccc7n8-c7ccccc7)ccc65)ccc4c23)c([2H])c1[2H]. The van der Waals surface area contributed by atoms with E-state index in [0.29, 0.717) is 27.8 Å². The Hall–Kier alpha value is -7.35. The zero-order valence-corrected chi connectivity index (χ0v) is 28.1. The lowest BCUT2D eigenvalue weighted by Gasteiger charge is -2.09. The van der Waals surface area contributed by atoms with E-state index in [0.717, 1.165) is 71.5 Å². The third-order valence-corrected chi connectivity index (χ3v) is 10.4.